The molecule has 1 saturated heterocycles. The number of phosphoric acid groups is 1. The first-order valence-corrected chi connectivity index (χ1v) is 12.3. The molecule has 1 aliphatic rings. The quantitative estimate of drug-likeness (QED) is 0.293. The van der Waals surface area contributed by atoms with Gasteiger partial charge in [0.05, 0.1) is 29.1 Å². The van der Waals surface area contributed by atoms with E-state index < -0.39 is 56.2 Å². The van der Waals surface area contributed by atoms with Crippen LogP contribution in [-0.4, -0.2) is 76.6 Å². The smallest absolute Gasteiger partial charge is 0.388 e. The van der Waals surface area contributed by atoms with Crippen molar-refractivity contribution in [2.75, 3.05) is 0 Å². The van der Waals surface area contributed by atoms with Crippen LogP contribution >= 0.6 is 15.1 Å². The number of rotatable bonds is 10. The molecule has 4 radical (unpaired) electrons. The molecular weight excluding hydrogens is 408 g/mol. The lowest BCUT2D eigenvalue weighted by molar-refractivity contribution is -0.0336. The number of aliphatic hydroxyl groups excluding tert-OH is 2. The van der Waals surface area contributed by atoms with E-state index in [1.807, 2.05) is 0 Å². The van der Waals surface area contributed by atoms with E-state index in [4.69, 9.17) is 39.0 Å². The van der Waals surface area contributed by atoms with Gasteiger partial charge in [-0.2, -0.15) is 0 Å². The highest BCUT2D eigenvalue weighted by atomic mass is 31.2. The Labute approximate surface area is 169 Å². The molecule has 8 atom stereocenters. The highest BCUT2D eigenvalue weighted by molar-refractivity contribution is 7.84. The molecule has 1 heterocycles. The Morgan fingerprint density at radius 1 is 1.14 bits per heavy atom. The minimum absolute atomic E-state index is 0.0458. The first kappa shape index (κ1) is 26.3. The van der Waals surface area contributed by atoms with E-state index in [2.05, 4.69) is 0 Å². The number of ether oxygens (including phenoxy) is 1. The molecule has 0 aromatic heterocycles. The Morgan fingerprint density at radius 3 is 2.04 bits per heavy atom. The van der Waals surface area contributed by atoms with Crippen molar-refractivity contribution < 1.29 is 42.9 Å². The Hall–Kier alpha value is 0.310. The van der Waals surface area contributed by atoms with E-state index in [9.17, 15) is 19.3 Å². The van der Waals surface area contributed by atoms with Crippen molar-refractivity contribution in [1.82, 2.24) is 0 Å². The van der Waals surface area contributed by atoms with Gasteiger partial charge >= 0.3 is 7.82 Å². The van der Waals surface area contributed by atoms with Gasteiger partial charge in [-0.15, -0.1) is 0 Å². The van der Waals surface area contributed by atoms with Gasteiger partial charge in [-0.25, -0.2) is 4.57 Å². The van der Waals surface area contributed by atoms with Gasteiger partial charge in [0.25, 0.3) is 0 Å². The molecule has 160 valence electrons. The molecule has 28 heavy (non-hydrogen) atoms. The number of aliphatic hydroxyl groups is 2. The van der Waals surface area contributed by atoms with Crippen LogP contribution in [0.2, 0.25) is 0 Å². The highest BCUT2D eigenvalue weighted by Gasteiger charge is 2.51. The third-order valence-electron chi connectivity index (χ3n) is 5.74. The molecule has 0 aromatic carbocycles. The molecule has 0 bridgehead atoms. The van der Waals surface area contributed by atoms with Crippen molar-refractivity contribution >= 4 is 30.5 Å². The summed E-state index contributed by atoms with van der Waals surface area (Å²) < 4.78 is 40.5. The fraction of sp³-hybridized carbons (Fsp3) is 1.00. The first-order valence-electron chi connectivity index (χ1n) is 9.12. The summed E-state index contributed by atoms with van der Waals surface area (Å²) in [6, 6.07) is -1.05. The summed E-state index contributed by atoms with van der Waals surface area (Å²) in [6.45, 7) is 7.89. The Morgan fingerprint density at radius 2 is 1.68 bits per heavy atom. The topological polar surface area (TPSA) is 143 Å². The second kappa shape index (κ2) is 9.21. The van der Waals surface area contributed by atoms with Crippen molar-refractivity contribution in [2.45, 2.75) is 95.1 Å². The highest BCUT2D eigenvalue weighted by Crippen LogP contribution is 2.63. The van der Waals surface area contributed by atoms with Crippen molar-refractivity contribution in [3.8, 4) is 0 Å². The molecule has 1 fully saturated rings. The first-order chi connectivity index (χ1) is 12.5. The molecule has 4 N–H and O–H groups in total. The summed E-state index contributed by atoms with van der Waals surface area (Å²) in [5.41, 5.74) is -1.13. The van der Waals surface area contributed by atoms with E-state index in [1.54, 1.807) is 20.8 Å². The standard InChI is InChI=1S/C15H30B2O9P2/c1-6-14(4,8-10-11(18)12(19)13(16)24-10)26-27(17,20)15(5,7-2)9(3)25-28(21,22)23/h9-13,18-19H,6-8H2,1-5H3,(H2,21,22,23)/t9?,10-,11-,12-,13-,14?,15?,27?/m1/s1. The molecule has 0 aromatic rings. The van der Waals surface area contributed by atoms with Crippen LogP contribution < -0.4 is 0 Å². The molecule has 0 spiro atoms. The van der Waals surface area contributed by atoms with E-state index >= 15 is 0 Å². The lowest BCUT2D eigenvalue weighted by Gasteiger charge is -2.44. The van der Waals surface area contributed by atoms with Crippen molar-refractivity contribution in [3.63, 3.8) is 0 Å². The van der Waals surface area contributed by atoms with Crippen LogP contribution in [0.25, 0.3) is 0 Å². The average Bonchev–Trinajstić information content (AvgIpc) is 2.78. The monoisotopic (exact) mass is 438 g/mol. The third-order valence-corrected chi connectivity index (χ3v) is 9.14. The van der Waals surface area contributed by atoms with E-state index in [-0.39, 0.29) is 12.8 Å². The van der Waals surface area contributed by atoms with E-state index in [1.165, 1.54) is 13.8 Å². The number of hydrogen-bond donors (Lipinski definition) is 4. The summed E-state index contributed by atoms with van der Waals surface area (Å²) in [5, 5.41) is 18.5. The van der Waals surface area contributed by atoms with Gasteiger partial charge < -0.3 is 33.8 Å². The molecule has 0 aliphatic carbocycles. The lowest BCUT2D eigenvalue weighted by atomic mass is 9.90. The van der Waals surface area contributed by atoms with Gasteiger partial charge in [0.2, 0.25) is 7.57 Å². The Balaban J connectivity index is 3.07. The minimum Gasteiger partial charge on any atom is -0.388 e. The second-order valence-corrected chi connectivity index (χ2v) is 11.4. The Kier molecular flexibility index (Phi) is 8.66. The predicted molar refractivity (Wildman–Crippen MR) is 105 cm³/mol. The second-order valence-electron chi connectivity index (χ2n) is 7.77. The summed E-state index contributed by atoms with van der Waals surface area (Å²) in [5.74, 6) is 0. The van der Waals surface area contributed by atoms with E-state index in [0.29, 0.717) is 6.42 Å². The molecule has 9 nitrogen and oxygen atoms in total. The van der Waals surface area contributed by atoms with Crippen molar-refractivity contribution in [1.29, 1.82) is 0 Å². The van der Waals surface area contributed by atoms with E-state index in [0.717, 1.165) is 0 Å². The van der Waals surface area contributed by atoms with Gasteiger partial charge in [-0.05, 0) is 33.6 Å². The SMILES string of the molecule is [B][C@@H]1O[C@H](CC(C)(CC)OP([B])(=O)C(C)(CC)C(C)OP(=O)(O)O)[C@@H](O)[C@H]1O. The molecule has 1 aliphatic heterocycles. The fourth-order valence-corrected chi connectivity index (χ4v) is 5.93. The van der Waals surface area contributed by atoms with Crippen molar-refractivity contribution in [3.05, 3.63) is 0 Å². The summed E-state index contributed by atoms with van der Waals surface area (Å²) in [7, 11) is 2.83. The predicted octanol–water partition coefficient (Wildman–Crippen LogP) is 1.21. The van der Waals surface area contributed by atoms with Gasteiger partial charge in [0.15, 0.2) is 7.25 Å². The van der Waals surface area contributed by atoms with Gasteiger partial charge in [-0.1, -0.05) is 13.8 Å². The Bertz CT molecular complexity index is 633. The third kappa shape index (κ3) is 5.93. The van der Waals surface area contributed by atoms with Crippen LogP contribution in [-0.2, 0) is 22.9 Å². The maximum Gasteiger partial charge on any atom is 0.469 e. The largest absolute Gasteiger partial charge is 0.469 e. The zero-order valence-electron chi connectivity index (χ0n) is 16.9. The molecule has 1 rings (SSSR count). The van der Waals surface area contributed by atoms with Crippen LogP contribution in [0.15, 0.2) is 0 Å². The summed E-state index contributed by atoms with van der Waals surface area (Å²) in [4.78, 5) is 18.2. The van der Waals surface area contributed by atoms with Gasteiger partial charge in [0, 0.05) is 12.4 Å². The molecule has 0 saturated carbocycles. The fourth-order valence-electron chi connectivity index (χ4n) is 3.13. The normalized spacial score (nSPS) is 33.6. The molecule has 4 unspecified atom stereocenters. The maximum absolute atomic E-state index is 13.4. The molecule has 13 heteroatoms. The lowest BCUT2D eigenvalue weighted by Crippen LogP contribution is -2.43. The van der Waals surface area contributed by atoms with Crippen LogP contribution in [0.5, 0.6) is 0 Å². The van der Waals surface area contributed by atoms with Crippen LogP contribution in [0.4, 0.5) is 0 Å². The van der Waals surface area contributed by atoms with Crippen LogP contribution in [0.3, 0.4) is 0 Å². The maximum atomic E-state index is 13.4. The van der Waals surface area contributed by atoms with Crippen molar-refractivity contribution in [2.24, 2.45) is 0 Å². The van der Waals surface area contributed by atoms with Gasteiger partial charge in [0.1, 0.15) is 14.0 Å². The molecule has 0 amide bonds. The van der Waals surface area contributed by atoms with Crippen LogP contribution in [0, 0.1) is 0 Å². The number of hydrogen-bond acceptors (Lipinski definition) is 7. The minimum atomic E-state index is -4.83. The zero-order valence-corrected chi connectivity index (χ0v) is 18.7. The zero-order chi connectivity index (χ0) is 22.1. The van der Waals surface area contributed by atoms with Crippen LogP contribution in [0.1, 0.15) is 53.9 Å². The summed E-state index contributed by atoms with van der Waals surface area (Å²) >= 11 is 0. The summed E-state index contributed by atoms with van der Waals surface area (Å²) in [6.07, 6.45) is -3.98. The average molecular weight is 438 g/mol. The molecular formula is C15H30B2O9P2. The number of phosphoric ester groups is 1. The van der Waals surface area contributed by atoms with Gasteiger partial charge in [-0.3, -0.25) is 4.52 Å².